The third kappa shape index (κ3) is 4.58. The number of carboxylic acids is 1. The van der Waals surface area contributed by atoms with E-state index >= 15 is 0 Å². The maximum atomic E-state index is 13.1. The number of likely N-dealkylation sites (tertiary alicyclic amines) is 1. The number of benzene rings is 2. The molecule has 2 atom stereocenters. The predicted molar refractivity (Wildman–Crippen MR) is 116 cm³/mol. The quantitative estimate of drug-likeness (QED) is 0.568. The number of amides is 2. The van der Waals surface area contributed by atoms with Crippen LogP contribution in [0.3, 0.4) is 0 Å². The topological polar surface area (TPSA) is 116 Å². The zero-order chi connectivity index (χ0) is 24.5. The van der Waals surface area contributed by atoms with Crippen molar-refractivity contribution in [3.05, 3.63) is 59.7 Å². The molecular formula is C24H24F2N2O6. The maximum Gasteiger partial charge on any atom is 0.407 e. The molecule has 1 saturated heterocycles. The van der Waals surface area contributed by atoms with Gasteiger partial charge >= 0.3 is 12.1 Å². The number of fused-ring (bicyclic) bond motifs is 3. The monoisotopic (exact) mass is 474 g/mol. The number of alkyl halides is 2. The summed E-state index contributed by atoms with van der Waals surface area (Å²) in [5.41, 5.74) is 1.86. The minimum absolute atomic E-state index is 0.0576. The standard InChI is InChI=1S/C24H24F2N2O6/c25-20(26)11-19(21(29)28-10-9-24(33,13-28)22(30)31)27-23(32)34-12-18-16-7-3-1-5-14(16)15-6-2-4-8-17(15)18/h1-8,18-20,33H,9-13H2,(H,27,32)(H,30,31). The summed E-state index contributed by atoms with van der Waals surface area (Å²) in [6.45, 7) is -0.737. The molecule has 1 fully saturated rings. The lowest BCUT2D eigenvalue weighted by atomic mass is 9.98. The minimum atomic E-state index is -2.90. The van der Waals surface area contributed by atoms with Gasteiger partial charge in [0.05, 0.1) is 6.54 Å². The van der Waals surface area contributed by atoms with Gasteiger partial charge in [0, 0.05) is 25.3 Å². The number of ether oxygens (including phenoxy) is 1. The van der Waals surface area contributed by atoms with Crippen LogP contribution in [0.1, 0.15) is 29.9 Å². The second kappa shape index (κ2) is 9.38. The van der Waals surface area contributed by atoms with Gasteiger partial charge in [-0.1, -0.05) is 48.5 Å². The Morgan fingerprint density at radius 3 is 2.21 bits per heavy atom. The van der Waals surface area contributed by atoms with Gasteiger partial charge in [0.25, 0.3) is 0 Å². The summed E-state index contributed by atoms with van der Waals surface area (Å²) in [7, 11) is 0. The van der Waals surface area contributed by atoms with Crippen molar-refractivity contribution < 1.29 is 38.1 Å². The van der Waals surface area contributed by atoms with Crippen molar-refractivity contribution in [3.63, 3.8) is 0 Å². The van der Waals surface area contributed by atoms with E-state index in [0.717, 1.165) is 27.2 Å². The van der Waals surface area contributed by atoms with Crippen molar-refractivity contribution in [1.82, 2.24) is 10.2 Å². The Balaban J connectivity index is 1.42. The number of carboxylic acid groups (broad SMARTS) is 1. The van der Waals surface area contributed by atoms with Crippen molar-refractivity contribution >= 4 is 18.0 Å². The Morgan fingerprint density at radius 1 is 1.09 bits per heavy atom. The molecule has 2 amide bonds. The first-order valence-corrected chi connectivity index (χ1v) is 10.8. The lowest BCUT2D eigenvalue weighted by Gasteiger charge is -2.25. The average molecular weight is 474 g/mol. The molecule has 0 aromatic heterocycles. The Labute approximate surface area is 194 Å². The van der Waals surface area contributed by atoms with Crippen molar-refractivity contribution in [2.45, 2.75) is 36.8 Å². The van der Waals surface area contributed by atoms with Crippen LogP contribution in [-0.4, -0.2) is 70.8 Å². The third-order valence-corrected chi connectivity index (χ3v) is 6.31. The van der Waals surface area contributed by atoms with E-state index in [4.69, 9.17) is 9.84 Å². The van der Waals surface area contributed by atoms with Gasteiger partial charge in [0.1, 0.15) is 12.6 Å². The zero-order valence-electron chi connectivity index (χ0n) is 18.1. The number of carbonyl (C=O) groups is 3. The largest absolute Gasteiger partial charge is 0.479 e. The van der Waals surface area contributed by atoms with Gasteiger partial charge in [-0.3, -0.25) is 4.79 Å². The maximum absolute atomic E-state index is 13.1. The Hall–Kier alpha value is -3.53. The number of nitrogens with one attached hydrogen (secondary N) is 1. The molecule has 1 heterocycles. The molecule has 0 bridgehead atoms. The molecular weight excluding hydrogens is 450 g/mol. The van der Waals surface area contributed by atoms with Crippen molar-refractivity contribution in [1.29, 1.82) is 0 Å². The molecule has 1 aliphatic carbocycles. The molecule has 0 saturated carbocycles. The first-order chi connectivity index (χ1) is 16.2. The van der Waals surface area contributed by atoms with E-state index < -0.39 is 49.0 Å². The lowest BCUT2D eigenvalue weighted by molar-refractivity contribution is -0.157. The number of nitrogens with zero attached hydrogens (tertiary/aromatic N) is 1. The summed E-state index contributed by atoms with van der Waals surface area (Å²) in [6, 6.07) is 13.8. The number of hydrogen-bond acceptors (Lipinski definition) is 5. The second-order valence-corrected chi connectivity index (χ2v) is 8.50. The molecule has 0 spiro atoms. The molecule has 2 aliphatic rings. The van der Waals surface area contributed by atoms with Crippen LogP contribution < -0.4 is 5.32 Å². The molecule has 2 unspecified atom stereocenters. The molecule has 0 radical (unpaired) electrons. The number of aliphatic hydroxyl groups is 1. The van der Waals surface area contributed by atoms with Crippen LogP contribution in [0.25, 0.3) is 11.1 Å². The van der Waals surface area contributed by atoms with Crippen molar-refractivity contribution in [2.24, 2.45) is 0 Å². The number of rotatable bonds is 7. The van der Waals surface area contributed by atoms with E-state index in [1.54, 1.807) is 0 Å². The Kier molecular flexibility index (Phi) is 6.52. The van der Waals surface area contributed by atoms with E-state index in [1.165, 1.54) is 0 Å². The number of β-amino-alcohol motifs (C(OH)–C–C–N with tert-alkyl or cyclic N) is 1. The van der Waals surface area contributed by atoms with Gasteiger partial charge in [-0.05, 0) is 22.3 Å². The average Bonchev–Trinajstić information content (AvgIpc) is 3.36. The van der Waals surface area contributed by atoms with Gasteiger partial charge in [0.2, 0.25) is 12.3 Å². The molecule has 34 heavy (non-hydrogen) atoms. The molecule has 4 rings (SSSR count). The number of alkyl carbamates (subject to hydrolysis) is 1. The lowest BCUT2D eigenvalue weighted by Crippen LogP contribution is -2.51. The van der Waals surface area contributed by atoms with Crippen LogP contribution in [-0.2, 0) is 14.3 Å². The molecule has 10 heteroatoms. The fourth-order valence-corrected chi connectivity index (χ4v) is 4.56. The van der Waals surface area contributed by atoms with E-state index in [-0.39, 0.29) is 25.5 Å². The summed E-state index contributed by atoms with van der Waals surface area (Å²) >= 11 is 0. The molecule has 2 aromatic rings. The second-order valence-electron chi connectivity index (χ2n) is 8.50. The van der Waals surface area contributed by atoms with Gasteiger partial charge in [-0.2, -0.15) is 0 Å². The summed E-state index contributed by atoms with van der Waals surface area (Å²) < 4.78 is 31.6. The van der Waals surface area contributed by atoms with Gasteiger partial charge in [-0.25, -0.2) is 18.4 Å². The molecule has 8 nitrogen and oxygen atoms in total. The normalized spacial score (nSPS) is 20.1. The SMILES string of the molecule is O=C(NC(CC(F)F)C(=O)N1CCC(O)(C(=O)O)C1)OCC1c2ccccc2-c2ccccc21. The first-order valence-electron chi connectivity index (χ1n) is 10.8. The smallest absolute Gasteiger partial charge is 0.407 e. The van der Waals surface area contributed by atoms with E-state index in [9.17, 15) is 28.3 Å². The molecule has 180 valence electrons. The Morgan fingerprint density at radius 2 is 1.68 bits per heavy atom. The van der Waals surface area contributed by atoms with E-state index in [0.29, 0.717) is 0 Å². The molecule has 1 aliphatic heterocycles. The highest BCUT2D eigenvalue weighted by molar-refractivity contribution is 5.88. The molecule has 2 aromatic carbocycles. The van der Waals surface area contributed by atoms with Gasteiger partial charge < -0.3 is 25.2 Å². The van der Waals surface area contributed by atoms with E-state index in [1.807, 2.05) is 48.5 Å². The Bertz CT molecular complexity index is 1060. The number of aliphatic carboxylic acids is 1. The predicted octanol–water partition coefficient (Wildman–Crippen LogP) is 2.60. The van der Waals surface area contributed by atoms with Crippen LogP contribution in [0.5, 0.6) is 0 Å². The summed E-state index contributed by atoms with van der Waals surface area (Å²) in [5.74, 6) is -2.64. The van der Waals surface area contributed by atoms with Crippen molar-refractivity contribution in [3.8, 4) is 11.1 Å². The van der Waals surface area contributed by atoms with E-state index in [2.05, 4.69) is 5.32 Å². The summed E-state index contributed by atoms with van der Waals surface area (Å²) in [4.78, 5) is 37.4. The van der Waals surface area contributed by atoms with Gasteiger partial charge in [-0.15, -0.1) is 0 Å². The highest BCUT2D eigenvalue weighted by Crippen LogP contribution is 2.44. The summed E-state index contributed by atoms with van der Waals surface area (Å²) in [5, 5.41) is 21.4. The van der Waals surface area contributed by atoms with Crippen LogP contribution in [0, 0.1) is 0 Å². The fourth-order valence-electron chi connectivity index (χ4n) is 4.56. The molecule has 3 N–H and O–H groups in total. The van der Waals surface area contributed by atoms with Crippen LogP contribution in [0.15, 0.2) is 48.5 Å². The highest BCUT2D eigenvalue weighted by Gasteiger charge is 2.46. The minimum Gasteiger partial charge on any atom is -0.479 e. The van der Waals surface area contributed by atoms with Gasteiger partial charge in [0.15, 0.2) is 5.60 Å². The number of carbonyl (C=O) groups excluding carboxylic acids is 2. The van der Waals surface area contributed by atoms with Crippen LogP contribution >= 0.6 is 0 Å². The summed E-state index contributed by atoms with van der Waals surface area (Å²) in [6.07, 6.45) is -5.14. The van der Waals surface area contributed by atoms with Crippen molar-refractivity contribution in [2.75, 3.05) is 19.7 Å². The van der Waals surface area contributed by atoms with Crippen LogP contribution in [0.2, 0.25) is 0 Å². The number of hydrogen-bond donors (Lipinski definition) is 3. The fraction of sp³-hybridized carbons (Fsp3) is 0.375. The third-order valence-electron chi connectivity index (χ3n) is 6.31. The number of halogens is 2. The highest BCUT2D eigenvalue weighted by atomic mass is 19.3. The van der Waals surface area contributed by atoms with Crippen LogP contribution in [0.4, 0.5) is 13.6 Å². The zero-order valence-corrected chi connectivity index (χ0v) is 18.1. The first kappa shape index (κ1) is 23.6.